The van der Waals surface area contributed by atoms with Crippen molar-refractivity contribution in [1.29, 1.82) is 0 Å². The van der Waals surface area contributed by atoms with Crippen LogP contribution in [-0.2, 0) is 4.74 Å². The lowest BCUT2D eigenvalue weighted by Crippen LogP contribution is -2.41. The third-order valence-corrected chi connectivity index (χ3v) is 4.88. The third kappa shape index (κ3) is 3.31. The first-order valence-electron chi connectivity index (χ1n) is 8.33. The van der Waals surface area contributed by atoms with Crippen molar-refractivity contribution in [3.63, 3.8) is 0 Å². The second kappa shape index (κ2) is 6.92. The molecule has 21 heavy (non-hydrogen) atoms. The van der Waals surface area contributed by atoms with Crippen LogP contribution in [0.5, 0.6) is 0 Å². The van der Waals surface area contributed by atoms with Gasteiger partial charge in [0.25, 0.3) is 0 Å². The van der Waals surface area contributed by atoms with E-state index in [0.29, 0.717) is 12.1 Å². The maximum Gasteiger partial charge on any atom is 0.226 e. The fraction of sp³-hybridized carbons (Fsp3) is 0.867. The lowest BCUT2D eigenvalue weighted by Gasteiger charge is -2.34. The molecule has 1 aromatic rings. The summed E-state index contributed by atoms with van der Waals surface area (Å²) >= 11 is 5.47. The molecule has 2 heterocycles. The predicted molar refractivity (Wildman–Crippen MR) is 86.4 cm³/mol. The van der Waals surface area contributed by atoms with Gasteiger partial charge in [0.15, 0.2) is 4.77 Å². The minimum absolute atomic E-state index is 0.334. The molecule has 1 aliphatic heterocycles. The summed E-state index contributed by atoms with van der Waals surface area (Å²) in [7, 11) is 0. The van der Waals surface area contributed by atoms with Gasteiger partial charge in [0.1, 0.15) is 0 Å². The maximum absolute atomic E-state index is 5.94. The van der Waals surface area contributed by atoms with Gasteiger partial charge in [-0.3, -0.25) is 4.57 Å². The zero-order chi connectivity index (χ0) is 14.7. The molecule has 0 bridgehead atoms. The van der Waals surface area contributed by atoms with Crippen molar-refractivity contribution in [3.05, 3.63) is 4.77 Å². The molecular formula is C15H26N4OS. The topological polar surface area (TPSA) is 46.1 Å². The Labute approximate surface area is 131 Å². The number of hydrogen-bond acceptors (Lipinski definition) is 4. The molecule has 1 saturated carbocycles. The number of nitrogens with one attached hydrogen (secondary N) is 1. The summed E-state index contributed by atoms with van der Waals surface area (Å²) in [6, 6.07) is 0.531. The van der Waals surface area contributed by atoms with E-state index in [1.54, 1.807) is 0 Å². The molecule has 2 fully saturated rings. The summed E-state index contributed by atoms with van der Waals surface area (Å²) in [4.78, 5) is 2.36. The molecule has 6 heteroatoms. The van der Waals surface area contributed by atoms with Gasteiger partial charge in [-0.15, -0.1) is 5.10 Å². The molecule has 0 amide bonds. The van der Waals surface area contributed by atoms with Crippen LogP contribution < -0.4 is 4.90 Å². The highest BCUT2D eigenvalue weighted by Gasteiger charge is 2.27. The third-order valence-electron chi connectivity index (χ3n) is 4.59. The molecule has 0 aromatic carbocycles. The molecule has 3 rings (SSSR count). The summed E-state index contributed by atoms with van der Waals surface area (Å²) < 4.78 is 8.97. The highest BCUT2D eigenvalue weighted by molar-refractivity contribution is 7.71. The summed E-state index contributed by atoms with van der Waals surface area (Å²) in [5.41, 5.74) is 0. The fourth-order valence-corrected chi connectivity index (χ4v) is 3.83. The van der Waals surface area contributed by atoms with Crippen molar-refractivity contribution in [1.82, 2.24) is 14.8 Å². The largest absolute Gasteiger partial charge is 0.376 e. The van der Waals surface area contributed by atoms with E-state index < -0.39 is 0 Å². The van der Waals surface area contributed by atoms with E-state index in [2.05, 4.69) is 26.6 Å². The van der Waals surface area contributed by atoms with E-state index in [-0.39, 0.29) is 0 Å². The van der Waals surface area contributed by atoms with E-state index in [4.69, 9.17) is 17.0 Å². The van der Waals surface area contributed by atoms with Crippen molar-refractivity contribution in [2.75, 3.05) is 24.6 Å². The molecule has 1 aliphatic carbocycles. The van der Waals surface area contributed by atoms with Gasteiger partial charge in [-0.2, -0.15) is 0 Å². The van der Waals surface area contributed by atoms with Crippen LogP contribution in [0, 0.1) is 4.77 Å². The molecule has 1 N–H and O–H groups in total. The molecule has 5 nitrogen and oxygen atoms in total. The number of piperidine rings is 1. The molecule has 1 saturated heterocycles. The molecule has 2 aliphatic rings. The Bertz CT molecular complexity index is 506. The molecular weight excluding hydrogens is 284 g/mol. The smallest absolute Gasteiger partial charge is 0.226 e. The Kier molecular flexibility index (Phi) is 4.95. The SMILES string of the molecule is CCCOC1CCCN(c2n[nH]c(=S)n2C2CCCC2)C1. The monoisotopic (exact) mass is 310 g/mol. The molecule has 1 atom stereocenters. The zero-order valence-electron chi connectivity index (χ0n) is 12.9. The van der Waals surface area contributed by atoms with Gasteiger partial charge < -0.3 is 9.64 Å². The Hall–Kier alpha value is -0.880. The van der Waals surface area contributed by atoms with Crippen molar-refractivity contribution in [2.45, 2.75) is 64.0 Å². The normalized spacial score (nSPS) is 23.9. The number of H-pyrrole nitrogens is 1. The van der Waals surface area contributed by atoms with Crippen molar-refractivity contribution >= 4 is 18.2 Å². The van der Waals surface area contributed by atoms with Crippen molar-refractivity contribution in [3.8, 4) is 0 Å². The minimum Gasteiger partial charge on any atom is -0.376 e. The number of aromatic amines is 1. The van der Waals surface area contributed by atoms with Crippen molar-refractivity contribution in [2.24, 2.45) is 0 Å². The average Bonchev–Trinajstić information content (AvgIpc) is 3.14. The Morgan fingerprint density at radius 1 is 1.29 bits per heavy atom. The highest BCUT2D eigenvalue weighted by atomic mass is 32.1. The van der Waals surface area contributed by atoms with Crippen LogP contribution in [0.25, 0.3) is 0 Å². The summed E-state index contributed by atoms with van der Waals surface area (Å²) in [6.45, 7) is 5.00. The van der Waals surface area contributed by atoms with Gasteiger partial charge >= 0.3 is 0 Å². The molecule has 1 aromatic heterocycles. The van der Waals surface area contributed by atoms with Crippen LogP contribution >= 0.6 is 12.2 Å². The van der Waals surface area contributed by atoms with E-state index >= 15 is 0 Å². The first-order valence-corrected chi connectivity index (χ1v) is 8.74. The highest BCUT2D eigenvalue weighted by Crippen LogP contribution is 2.33. The number of rotatable bonds is 5. The van der Waals surface area contributed by atoms with E-state index in [1.807, 2.05) is 0 Å². The van der Waals surface area contributed by atoms with Crippen molar-refractivity contribution < 1.29 is 4.74 Å². The van der Waals surface area contributed by atoms with E-state index in [0.717, 1.165) is 43.3 Å². The summed E-state index contributed by atoms with van der Waals surface area (Å²) in [6.07, 6.45) is 8.80. The lowest BCUT2D eigenvalue weighted by molar-refractivity contribution is 0.0435. The molecule has 1 unspecified atom stereocenters. The van der Waals surface area contributed by atoms with Crippen LogP contribution in [0.3, 0.4) is 0 Å². The van der Waals surface area contributed by atoms with Crippen LogP contribution in [-0.4, -0.2) is 40.6 Å². The minimum atomic E-state index is 0.334. The Balaban J connectivity index is 1.75. The maximum atomic E-state index is 5.94. The van der Waals surface area contributed by atoms with Gasteiger partial charge in [0, 0.05) is 25.7 Å². The molecule has 118 valence electrons. The van der Waals surface area contributed by atoms with Gasteiger partial charge in [-0.25, -0.2) is 5.10 Å². The number of nitrogens with zero attached hydrogens (tertiary/aromatic N) is 3. The van der Waals surface area contributed by atoms with Crippen LogP contribution in [0.4, 0.5) is 5.95 Å². The molecule has 0 radical (unpaired) electrons. The van der Waals surface area contributed by atoms with Crippen LogP contribution in [0.15, 0.2) is 0 Å². The lowest BCUT2D eigenvalue weighted by atomic mass is 10.1. The molecule has 0 spiro atoms. The second-order valence-electron chi connectivity index (χ2n) is 6.22. The second-order valence-corrected chi connectivity index (χ2v) is 6.60. The van der Waals surface area contributed by atoms with Gasteiger partial charge in [0.2, 0.25) is 5.95 Å². The van der Waals surface area contributed by atoms with E-state index in [1.165, 1.54) is 32.1 Å². The van der Waals surface area contributed by atoms with Crippen LogP contribution in [0.2, 0.25) is 0 Å². The number of ether oxygens (including phenoxy) is 1. The van der Waals surface area contributed by atoms with Gasteiger partial charge in [-0.1, -0.05) is 19.8 Å². The zero-order valence-corrected chi connectivity index (χ0v) is 13.7. The van der Waals surface area contributed by atoms with Crippen LogP contribution in [0.1, 0.15) is 57.9 Å². The van der Waals surface area contributed by atoms with Gasteiger partial charge in [0.05, 0.1) is 6.10 Å². The van der Waals surface area contributed by atoms with Gasteiger partial charge in [-0.05, 0) is 44.3 Å². The summed E-state index contributed by atoms with van der Waals surface area (Å²) in [5, 5.41) is 7.52. The first kappa shape index (κ1) is 15.0. The fourth-order valence-electron chi connectivity index (χ4n) is 3.55. The number of anilines is 1. The predicted octanol–water partition coefficient (Wildman–Crippen LogP) is 3.45. The Morgan fingerprint density at radius 2 is 2.10 bits per heavy atom. The first-order chi connectivity index (χ1) is 10.3. The number of hydrogen-bond donors (Lipinski definition) is 1. The van der Waals surface area contributed by atoms with E-state index in [9.17, 15) is 0 Å². The Morgan fingerprint density at radius 3 is 2.86 bits per heavy atom. The number of aromatic nitrogens is 3. The standard InChI is InChI=1S/C15H26N4OS/c1-2-10-20-13-8-5-9-18(11-13)14-16-17-15(21)19(14)12-6-3-4-7-12/h12-13H,2-11H2,1H3,(H,17,21). The quantitative estimate of drug-likeness (QED) is 0.846. The average molecular weight is 310 g/mol. The summed E-state index contributed by atoms with van der Waals surface area (Å²) in [5.74, 6) is 1.02.